The lowest BCUT2D eigenvalue weighted by molar-refractivity contribution is 0.679. The second-order valence-corrected chi connectivity index (χ2v) is 6.38. The van der Waals surface area contributed by atoms with Gasteiger partial charge < -0.3 is 0 Å². The lowest BCUT2D eigenvalue weighted by Gasteiger charge is -2.05. The molecule has 3 rings (SSSR count). The van der Waals surface area contributed by atoms with Crippen LogP contribution in [0, 0.1) is 0 Å². The van der Waals surface area contributed by atoms with Crippen molar-refractivity contribution in [2.45, 2.75) is 45.4 Å². The van der Waals surface area contributed by atoms with E-state index in [9.17, 15) is 0 Å². The Morgan fingerprint density at radius 3 is 2.30 bits per heavy atom. The number of hydrogen-bond acceptors (Lipinski definition) is 0. The molecule has 118 valence electrons. The first-order chi connectivity index (χ1) is 11.4. The van der Waals surface area contributed by atoms with E-state index in [1.807, 2.05) is 0 Å². The van der Waals surface area contributed by atoms with E-state index < -0.39 is 0 Å². The molecule has 0 aromatic heterocycles. The molecule has 0 heterocycles. The van der Waals surface area contributed by atoms with Gasteiger partial charge in [0.2, 0.25) is 0 Å². The first-order valence-electron chi connectivity index (χ1n) is 8.93. The predicted octanol–water partition coefficient (Wildman–Crippen LogP) is 6.68. The topological polar surface area (TPSA) is 0 Å². The van der Waals surface area contributed by atoms with E-state index in [-0.39, 0.29) is 0 Å². The molecule has 0 heteroatoms. The SMILES string of the molecule is CCCCCCC1=C/C(=C\Cc2ccccc2)c2ccccc21. The molecule has 1 aliphatic carbocycles. The largest absolute Gasteiger partial charge is 0.0722 e. The number of rotatable bonds is 7. The van der Waals surface area contributed by atoms with Crippen molar-refractivity contribution in [3.8, 4) is 0 Å². The second kappa shape index (κ2) is 7.97. The summed E-state index contributed by atoms with van der Waals surface area (Å²) in [6.45, 7) is 2.27. The van der Waals surface area contributed by atoms with Crippen LogP contribution in [0.1, 0.15) is 55.7 Å². The van der Waals surface area contributed by atoms with Crippen LogP contribution in [0.2, 0.25) is 0 Å². The quantitative estimate of drug-likeness (QED) is 0.500. The van der Waals surface area contributed by atoms with Crippen LogP contribution in [0.3, 0.4) is 0 Å². The van der Waals surface area contributed by atoms with Crippen LogP contribution in [0.25, 0.3) is 11.1 Å². The highest BCUT2D eigenvalue weighted by Gasteiger charge is 2.16. The fourth-order valence-corrected chi connectivity index (χ4v) is 3.32. The van der Waals surface area contributed by atoms with Gasteiger partial charge in [-0.15, -0.1) is 0 Å². The van der Waals surface area contributed by atoms with E-state index in [1.54, 1.807) is 0 Å². The number of fused-ring (bicyclic) bond motifs is 1. The Kier molecular flexibility index (Phi) is 5.47. The normalized spacial score (nSPS) is 14.8. The zero-order valence-corrected chi connectivity index (χ0v) is 14.1. The van der Waals surface area contributed by atoms with Crippen molar-refractivity contribution in [1.29, 1.82) is 0 Å². The van der Waals surface area contributed by atoms with Crippen LogP contribution in [0.15, 0.2) is 66.7 Å². The number of allylic oxidation sites excluding steroid dienone is 4. The van der Waals surface area contributed by atoms with Crippen LogP contribution in [0.5, 0.6) is 0 Å². The van der Waals surface area contributed by atoms with Crippen molar-refractivity contribution in [2.75, 3.05) is 0 Å². The van der Waals surface area contributed by atoms with Crippen LogP contribution >= 0.6 is 0 Å². The number of hydrogen-bond donors (Lipinski definition) is 0. The molecule has 0 saturated carbocycles. The summed E-state index contributed by atoms with van der Waals surface area (Å²) in [6.07, 6.45) is 12.3. The lowest BCUT2D eigenvalue weighted by atomic mass is 10.00. The molecule has 0 unspecified atom stereocenters. The third-order valence-corrected chi connectivity index (χ3v) is 4.61. The van der Waals surface area contributed by atoms with Crippen LogP contribution < -0.4 is 0 Å². The van der Waals surface area contributed by atoms with Crippen molar-refractivity contribution in [3.05, 3.63) is 83.4 Å². The van der Waals surface area contributed by atoms with Gasteiger partial charge in [0, 0.05) is 0 Å². The fraction of sp³-hybridized carbons (Fsp3) is 0.304. The molecule has 0 spiro atoms. The molecule has 2 aromatic rings. The first kappa shape index (κ1) is 15.8. The van der Waals surface area contributed by atoms with Gasteiger partial charge in [-0.05, 0) is 47.1 Å². The van der Waals surface area contributed by atoms with Crippen molar-refractivity contribution in [1.82, 2.24) is 0 Å². The minimum atomic E-state index is 1.00. The average Bonchev–Trinajstić information content (AvgIpc) is 2.96. The maximum absolute atomic E-state index is 2.42. The van der Waals surface area contributed by atoms with E-state index in [0.29, 0.717) is 0 Å². The van der Waals surface area contributed by atoms with Crippen LogP contribution in [0.4, 0.5) is 0 Å². The highest BCUT2D eigenvalue weighted by atomic mass is 14.2. The molecule has 0 bridgehead atoms. The molecular formula is C23H26. The second-order valence-electron chi connectivity index (χ2n) is 6.38. The highest BCUT2D eigenvalue weighted by Crippen LogP contribution is 2.37. The van der Waals surface area contributed by atoms with E-state index >= 15 is 0 Å². The van der Waals surface area contributed by atoms with Crippen molar-refractivity contribution in [3.63, 3.8) is 0 Å². The lowest BCUT2D eigenvalue weighted by Crippen LogP contribution is -1.85. The Bertz CT molecular complexity index is 689. The van der Waals surface area contributed by atoms with Gasteiger partial charge in [0.15, 0.2) is 0 Å². The Hall–Kier alpha value is -2.08. The van der Waals surface area contributed by atoms with Crippen molar-refractivity contribution < 1.29 is 0 Å². The van der Waals surface area contributed by atoms with E-state index in [0.717, 1.165) is 6.42 Å². The Morgan fingerprint density at radius 2 is 1.52 bits per heavy atom. The standard InChI is InChI=1S/C23H26/c1-2-3-4-8-13-20-18-21(23-15-10-9-14-22(20)23)17-16-19-11-6-5-7-12-19/h5-7,9-12,14-15,17-18H,2-4,8,13,16H2,1H3/b21-17+. The maximum atomic E-state index is 2.42. The molecular weight excluding hydrogens is 276 g/mol. The third kappa shape index (κ3) is 4.01. The third-order valence-electron chi connectivity index (χ3n) is 4.61. The fourth-order valence-electron chi connectivity index (χ4n) is 3.32. The molecule has 0 amide bonds. The Morgan fingerprint density at radius 1 is 0.783 bits per heavy atom. The van der Waals surface area contributed by atoms with Gasteiger partial charge in [-0.1, -0.05) is 92.9 Å². The first-order valence-corrected chi connectivity index (χ1v) is 8.93. The number of unbranched alkanes of at least 4 members (excludes halogenated alkanes) is 3. The summed E-state index contributed by atoms with van der Waals surface area (Å²) in [5.74, 6) is 0. The summed E-state index contributed by atoms with van der Waals surface area (Å²) in [6, 6.07) is 19.6. The van der Waals surface area contributed by atoms with Crippen LogP contribution in [-0.2, 0) is 6.42 Å². The molecule has 0 saturated heterocycles. The Balaban J connectivity index is 1.76. The minimum absolute atomic E-state index is 1.00. The van der Waals surface area contributed by atoms with Gasteiger partial charge >= 0.3 is 0 Å². The molecule has 0 fully saturated rings. The average molecular weight is 302 g/mol. The molecule has 0 atom stereocenters. The molecule has 2 aromatic carbocycles. The zero-order valence-electron chi connectivity index (χ0n) is 14.1. The highest BCUT2D eigenvalue weighted by molar-refractivity contribution is 5.95. The predicted molar refractivity (Wildman–Crippen MR) is 101 cm³/mol. The van der Waals surface area contributed by atoms with Gasteiger partial charge in [0.05, 0.1) is 0 Å². The molecule has 0 N–H and O–H groups in total. The van der Waals surface area contributed by atoms with Gasteiger partial charge in [-0.3, -0.25) is 0 Å². The van der Waals surface area contributed by atoms with E-state index in [2.05, 4.69) is 73.7 Å². The monoisotopic (exact) mass is 302 g/mol. The van der Waals surface area contributed by atoms with Gasteiger partial charge in [-0.2, -0.15) is 0 Å². The number of benzene rings is 2. The summed E-state index contributed by atoms with van der Waals surface area (Å²) >= 11 is 0. The summed E-state index contributed by atoms with van der Waals surface area (Å²) in [5.41, 5.74) is 7.16. The van der Waals surface area contributed by atoms with Gasteiger partial charge in [0.1, 0.15) is 0 Å². The van der Waals surface area contributed by atoms with E-state index in [4.69, 9.17) is 0 Å². The Labute approximate surface area is 140 Å². The maximum Gasteiger partial charge on any atom is -0.00882 e. The summed E-state index contributed by atoms with van der Waals surface area (Å²) in [7, 11) is 0. The van der Waals surface area contributed by atoms with Crippen LogP contribution in [-0.4, -0.2) is 0 Å². The summed E-state index contributed by atoms with van der Waals surface area (Å²) < 4.78 is 0. The smallest absolute Gasteiger partial charge is 0.00882 e. The summed E-state index contributed by atoms with van der Waals surface area (Å²) in [5, 5.41) is 0. The summed E-state index contributed by atoms with van der Waals surface area (Å²) in [4.78, 5) is 0. The van der Waals surface area contributed by atoms with E-state index in [1.165, 1.54) is 59.9 Å². The molecule has 0 nitrogen and oxygen atoms in total. The molecule has 1 aliphatic rings. The molecule has 23 heavy (non-hydrogen) atoms. The van der Waals surface area contributed by atoms with Crippen molar-refractivity contribution >= 4 is 11.1 Å². The van der Waals surface area contributed by atoms with Gasteiger partial charge in [0.25, 0.3) is 0 Å². The molecule has 0 radical (unpaired) electrons. The van der Waals surface area contributed by atoms with Gasteiger partial charge in [-0.25, -0.2) is 0 Å². The van der Waals surface area contributed by atoms with Crippen molar-refractivity contribution in [2.24, 2.45) is 0 Å². The zero-order chi connectivity index (χ0) is 15.9. The molecule has 0 aliphatic heterocycles. The minimum Gasteiger partial charge on any atom is -0.0722 e.